The van der Waals surface area contributed by atoms with Gasteiger partial charge < -0.3 is 10.6 Å². The van der Waals surface area contributed by atoms with E-state index in [1.54, 1.807) is 0 Å². The number of piperidine rings is 1. The van der Waals surface area contributed by atoms with Crippen LogP contribution in [-0.2, 0) is 4.79 Å². The van der Waals surface area contributed by atoms with Gasteiger partial charge in [-0.3, -0.25) is 4.79 Å². The lowest BCUT2D eigenvalue weighted by Gasteiger charge is -2.23. The van der Waals surface area contributed by atoms with Gasteiger partial charge in [-0.25, -0.2) is 0 Å². The van der Waals surface area contributed by atoms with Gasteiger partial charge in [-0.2, -0.15) is 0 Å². The monoisotopic (exact) mass is 274 g/mol. The molecule has 0 aromatic heterocycles. The van der Waals surface area contributed by atoms with Crippen molar-refractivity contribution in [2.45, 2.75) is 58.9 Å². The third kappa shape index (κ3) is 4.07. The van der Waals surface area contributed by atoms with Crippen LogP contribution in [0.15, 0.2) is 12.1 Å². The zero-order valence-corrected chi connectivity index (χ0v) is 12.9. The van der Waals surface area contributed by atoms with Crippen LogP contribution in [0, 0.1) is 20.8 Å². The summed E-state index contributed by atoms with van der Waals surface area (Å²) in [4.78, 5) is 12.1. The van der Waals surface area contributed by atoms with Crippen molar-refractivity contribution in [3.8, 4) is 0 Å². The number of nitrogens with one attached hydrogen (secondary N) is 2. The zero-order valence-electron chi connectivity index (χ0n) is 12.9. The van der Waals surface area contributed by atoms with Gasteiger partial charge >= 0.3 is 0 Å². The Kier molecular flexibility index (Phi) is 5.18. The maximum Gasteiger partial charge on any atom is 0.224 e. The summed E-state index contributed by atoms with van der Waals surface area (Å²) in [5.41, 5.74) is 4.51. The van der Waals surface area contributed by atoms with Crippen molar-refractivity contribution >= 4 is 11.6 Å². The van der Waals surface area contributed by atoms with Crippen LogP contribution in [0.3, 0.4) is 0 Å². The Morgan fingerprint density at radius 3 is 2.55 bits per heavy atom. The van der Waals surface area contributed by atoms with Crippen LogP contribution >= 0.6 is 0 Å². The van der Waals surface area contributed by atoms with Crippen molar-refractivity contribution in [1.82, 2.24) is 5.32 Å². The van der Waals surface area contributed by atoms with E-state index in [0.717, 1.165) is 29.8 Å². The van der Waals surface area contributed by atoms with E-state index in [1.807, 2.05) is 0 Å². The van der Waals surface area contributed by atoms with Crippen LogP contribution < -0.4 is 10.6 Å². The van der Waals surface area contributed by atoms with Gasteiger partial charge in [0, 0.05) is 18.2 Å². The van der Waals surface area contributed by atoms with E-state index in [2.05, 4.69) is 43.5 Å². The number of rotatable bonds is 4. The first-order chi connectivity index (χ1) is 9.56. The molecule has 3 nitrogen and oxygen atoms in total. The summed E-state index contributed by atoms with van der Waals surface area (Å²) >= 11 is 0. The number of carbonyl (C=O) groups is 1. The van der Waals surface area contributed by atoms with Crippen molar-refractivity contribution in [3.63, 3.8) is 0 Å². The molecule has 0 bridgehead atoms. The zero-order chi connectivity index (χ0) is 14.5. The lowest BCUT2D eigenvalue weighted by Crippen LogP contribution is -2.34. The molecule has 110 valence electrons. The van der Waals surface area contributed by atoms with Crippen molar-refractivity contribution in [2.75, 3.05) is 11.9 Å². The summed E-state index contributed by atoms with van der Waals surface area (Å²) in [5, 5.41) is 6.57. The predicted octanol–water partition coefficient (Wildman–Crippen LogP) is 3.47. The molecule has 1 atom stereocenters. The van der Waals surface area contributed by atoms with Crippen LogP contribution in [0.4, 0.5) is 5.69 Å². The van der Waals surface area contributed by atoms with Gasteiger partial charge in [0.25, 0.3) is 0 Å². The minimum atomic E-state index is 0.132. The van der Waals surface area contributed by atoms with E-state index in [0.29, 0.717) is 12.5 Å². The van der Waals surface area contributed by atoms with Crippen molar-refractivity contribution in [1.29, 1.82) is 0 Å². The average molecular weight is 274 g/mol. The van der Waals surface area contributed by atoms with Crippen LogP contribution in [0.5, 0.6) is 0 Å². The molecule has 2 N–H and O–H groups in total. The number of benzene rings is 1. The summed E-state index contributed by atoms with van der Waals surface area (Å²) in [7, 11) is 0. The quantitative estimate of drug-likeness (QED) is 0.882. The normalized spacial score (nSPS) is 18.9. The molecule has 2 rings (SSSR count). The second-order valence-corrected chi connectivity index (χ2v) is 6.01. The Bertz CT molecular complexity index is 453. The molecule has 1 saturated heterocycles. The highest BCUT2D eigenvalue weighted by atomic mass is 16.1. The van der Waals surface area contributed by atoms with E-state index in [-0.39, 0.29) is 5.91 Å². The fourth-order valence-electron chi connectivity index (χ4n) is 3.05. The Hall–Kier alpha value is -1.35. The second kappa shape index (κ2) is 6.89. The number of aryl methyl sites for hydroxylation is 3. The van der Waals surface area contributed by atoms with Crippen LogP contribution in [0.25, 0.3) is 0 Å². The lowest BCUT2D eigenvalue weighted by molar-refractivity contribution is -0.116. The SMILES string of the molecule is Cc1cc(C)c(NC(=O)CCC2CCCCN2)c(C)c1. The molecule has 1 fully saturated rings. The molecule has 0 saturated carbocycles. The number of amides is 1. The molecular formula is C17H26N2O. The third-order valence-corrected chi connectivity index (χ3v) is 4.07. The summed E-state index contributed by atoms with van der Waals surface area (Å²) < 4.78 is 0. The average Bonchev–Trinajstić information content (AvgIpc) is 2.42. The molecule has 1 amide bonds. The van der Waals surface area contributed by atoms with Crippen LogP contribution in [-0.4, -0.2) is 18.5 Å². The Balaban J connectivity index is 1.88. The van der Waals surface area contributed by atoms with E-state index < -0.39 is 0 Å². The topological polar surface area (TPSA) is 41.1 Å². The molecule has 0 spiro atoms. The first kappa shape index (κ1) is 15.0. The minimum absolute atomic E-state index is 0.132. The van der Waals surface area contributed by atoms with Gasteiger partial charge in [0.2, 0.25) is 5.91 Å². The van der Waals surface area contributed by atoms with E-state index in [4.69, 9.17) is 0 Å². The largest absolute Gasteiger partial charge is 0.326 e. The van der Waals surface area contributed by atoms with Crippen LogP contribution in [0.2, 0.25) is 0 Å². The fourth-order valence-corrected chi connectivity index (χ4v) is 3.05. The van der Waals surface area contributed by atoms with Crippen molar-refractivity contribution in [3.05, 3.63) is 28.8 Å². The van der Waals surface area contributed by atoms with Crippen molar-refractivity contribution < 1.29 is 4.79 Å². The summed E-state index contributed by atoms with van der Waals surface area (Å²) in [6.45, 7) is 7.29. The van der Waals surface area contributed by atoms with Gasteiger partial charge in [0.05, 0.1) is 0 Å². The van der Waals surface area contributed by atoms with E-state index in [9.17, 15) is 4.79 Å². The fraction of sp³-hybridized carbons (Fsp3) is 0.588. The molecule has 3 heteroatoms. The Morgan fingerprint density at radius 1 is 1.25 bits per heavy atom. The first-order valence-corrected chi connectivity index (χ1v) is 7.67. The Morgan fingerprint density at radius 2 is 1.95 bits per heavy atom. The molecule has 1 heterocycles. The molecule has 20 heavy (non-hydrogen) atoms. The third-order valence-electron chi connectivity index (χ3n) is 4.07. The lowest BCUT2D eigenvalue weighted by atomic mass is 10.00. The highest BCUT2D eigenvalue weighted by Gasteiger charge is 2.15. The summed E-state index contributed by atoms with van der Waals surface area (Å²) in [6.07, 6.45) is 5.30. The van der Waals surface area contributed by atoms with Crippen LogP contribution in [0.1, 0.15) is 48.8 Å². The van der Waals surface area contributed by atoms with Gasteiger partial charge in [-0.05, 0) is 57.7 Å². The number of anilines is 1. The van der Waals surface area contributed by atoms with E-state index >= 15 is 0 Å². The maximum atomic E-state index is 12.1. The van der Waals surface area contributed by atoms with E-state index in [1.165, 1.54) is 24.8 Å². The molecule has 1 aliphatic rings. The molecule has 1 aliphatic heterocycles. The second-order valence-electron chi connectivity index (χ2n) is 6.01. The number of carbonyl (C=O) groups excluding carboxylic acids is 1. The van der Waals surface area contributed by atoms with Gasteiger partial charge in [-0.1, -0.05) is 24.1 Å². The highest BCUT2D eigenvalue weighted by molar-refractivity contribution is 5.92. The number of hydrogen-bond acceptors (Lipinski definition) is 2. The summed E-state index contributed by atoms with van der Waals surface area (Å²) in [5.74, 6) is 0.132. The maximum absolute atomic E-state index is 12.1. The molecule has 0 radical (unpaired) electrons. The Labute approximate surface area is 122 Å². The predicted molar refractivity (Wildman–Crippen MR) is 84.2 cm³/mol. The number of hydrogen-bond donors (Lipinski definition) is 2. The highest BCUT2D eigenvalue weighted by Crippen LogP contribution is 2.22. The summed E-state index contributed by atoms with van der Waals surface area (Å²) in [6, 6.07) is 4.76. The first-order valence-electron chi connectivity index (χ1n) is 7.67. The molecule has 1 aromatic rings. The molecule has 0 aliphatic carbocycles. The van der Waals surface area contributed by atoms with Crippen molar-refractivity contribution in [2.24, 2.45) is 0 Å². The smallest absolute Gasteiger partial charge is 0.224 e. The molecule has 1 unspecified atom stereocenters. The standard InChI is InChI=1S/C17H26N2O/c1-12-10-13(2)17(14(3)11-12)19-16(20)8-7-15-6-4-5-9-18-15/h10-11,15,18H,4-9H2,1-3H3,(H,19,20). The van der Waals surface area contributed by atoms with Gasteiger partial charge in [0.1, 0.15) is 0 Å². The molecular weight excluding hydrogens is 248 g/mol. The molecule has 1 aromatic carbocycles. The van der Waals surface area contributed by atoms with Gasteiger partial charge in [-0.15, -0.1) is 0 Å². The van der Waals surface area contributed by atoms with Gasteiger partial charge in [0.15, 0.2) is 0 Å². The minimum Gasteiger partial charge on any atom is -0.326 e.